The first-order valence-electron chi connectivity index (χ1n) is 6.56. The Labute approximate surface area is 133 Å². The lowest BCUT2D eigenvalue weighted by molar-refractivity contribution is -0.142. The van der Waals surface area contributed by atoms with Crippen molar-refractivity contribution in [3.8, 4) is 0 Å². The molecule has 0 spiro atoms. The minimum Gasteiger partial charge on any atom is -0.466 e. The summed E-state index contributed by atoms with van der Waals surface area (Å²) in [5, 5.41) is 0. The van der Waals surface area contributed by atoms with E-state index in [1.807, 2.05) is 49.4 Å². The molecule has 4 heteroatoms. The number of benzene rings is 2. The van der Waals surface area contributed by atoms with Gasteiger partial charge in [-0.05, 0) is 24.6 Å². The van der Waals surface area contributed by atoms with E-state index < -0.39 is 0 Å². The molecule has 0 aliphatic rings. The molecule has 0 saturated heterocycles. The van der Waals surface area contributed by atoms with Crippen molar-refractivity contribution in [2.45, 2.75) is 13.3 Å². The Morgan fingerprint density at radius 2 is 1.86 bits per heavy atom. The molecule has 0 aliphatic carbocycles. The van der Waals surface area contributed by atoms with E-state index in [1.54, 1.807) is 12.1 Å². The SMILES string of the molecule is CCOC(=O)Cc1ccccc1.O=Cc1cccc(Br)c1. The molecule has 0 heterocycles. The Hall–Kier alpha value is -1.94. The van der Waals surface area contributed by atoms with Crippen molar-refractivity contribution in [2.75, 3.05) is 6.61 Å². The van der Waals surface area contributed by atoms with Crippen LogP contribution in [0.1, 0.15) is 22.8 Å². The van der Waals surface area contributed by atoms with E-state index in [9.17, 15) is 9.59 Å². The van der Waals surface area contributed by atoms with Gasteiger partial charge in [-0.3, -0.25) is 9.59 Å². The Morgan fingerprint density at radius 1 is 1.14 bits per heavy atom. The predicted molar refractivity (Wildman–Crippen MR) is 86.3 cm³/mol. The topological polar surface area (TPSA) is 43.4 Å². The molecule has 0 N–H and O–H groups in total. The normalized spacial score (nSPS) is 9.24. The number of halogens is 1. The van der Waals surface area contributed by atoms with E-state index in [2.05, 4.69) is 15.9 Å². The standard InChI is InChI=1S/C10H12O2.C7H5BrO/c1-2-12-10(11)8-9-6-4-3-5-7-9;8-7-3-1-2-6(4-7)5-9/h3-7H,2,8H2,1H3;1-5H. The second-order valence-corrected chi connectivity index (χ2v) is 5.06. The van der Waals surface area contributed by atoms with Gasteiger partial charge in [-0.1, -0.05) is 58.4 Å². The first kappa shape index (κ1) is 17.1. The van der Waals surface area contributed by atoms with E-state index in [4.69, 9.17) is 4.74 Å². The average Bonchev–Trinajstić information content (AvgIpc) is 2.49. The minimum absolute atomic E-state index is 0.163. The van der Waals surface area contributed by atoms with Gasteiger partial charge in [-0.2, -0.15) is 0 Å². The smallest absolute Gasteiger partial charge is 0.310 e. The number of carbonyl (C=O) groups is 2. The summed E-state index contributed by atoms with van der Waals surface area (Å²) < 4.78 is 5.74. The fourth-order valence-corrected chi connectivity index (χ4v) is 1.97. The lowest BCUT2D eigenvalue weighted by atomic mass is 10.2. The highest BCUT2D eigenvalue weighted by atomic mass is 79.9. The van der Waals surface area contributed by atoms with Gasteiger partial charge in [-0.15, -0.1) is 0 Å². The molecule has 0 radical (unpaired) electrons. The van der Waals surface area contributed by atoms with Crippen LogP contribution >= 0.6 is 15.9 Å². The van der Waals surface area contributed by atoms with Crippen LogP contribution in [0.2, 0.25) is 0 Å². The summed E-state index contributed by atoms with van der Waals surface area (Å²) in [6.45, 7) is 2.26. The molecule has 0 aromatic heterocycles. The van der Waals surface area contributed by atoms with Crippen LogP contribution in [0, 0.1) is 0 Å². The molecule has 21 heavy (non-hydrogen) atoms. The van der Waals surface area contributed by atoms with Gasteiger partial charge in [-0.25, -0.2) is 0 Å². The molecule has 0 unspecified atom stereocenters. The number of carbonyl (C=O) groups excluding carboxylic acids is 2. The molecule has 0 aliphatic heterocycles. The van der Waals surface area contributed by atoms with Gasteiger partial charge in [0, 0.05) is 10.0 Å². The predicted octanol–water partition coefficient (Wildman–Crippen LogP) is 4.05. The Morgan fingerprint density at radius 3 is 2.38 bits per heavy atom. The van der Waals surface area contributed by atoms with Crippen LogP contribution in [-0.4, -0.2) is 18.9 Å². The van der Waals surface area contributed by atoms with Crippen LogP contribution in [0.5, 0.6) is 0 Å². The summed E-state index contributed by atoms with van der Waals surface area (Å²) in [6.07, 6.45) is 1.19. The van der Waals surface area contributed by atoms with Crippen molar-refractivity contribution in [3.05, 3.63) is 70.2 Å². The van der Waals surface area contributed by atoms with Gasteiger partial charge in [0.15, 0.2) is 0 Å². The first-order chi connectivity index (χ1) is 10.2. The maximum absolute atomic E-state index is 11.0. The highest BCUT2D eigenvalue weighted by Crippen LogP contribution is 2.09. The zero-order valence-electron chi connectivity index (χ0n) is 11.8. The van der Waals surface area contributed by atoms with Gasteiger partial charge < -0.3 is 4.74 Å². The Kier molecular flexibility index (Phi) is 8.05. The summed E-state index contributed by atoms with van der Waals surface area (Å²) in [6, 6.07) is 16.8. The van der Waals surface area contributed by atoms with E-state index in [0.29, 0.717) is 18.6 Å². The molecule has 0 bridgehead atoms. The quantitative estimate of drug-likeness (QED) is 0.618. The number of ether oxygens (including phenoxy) is 1. The van der Waals surface area contributed by atoms with Gasteiger partial charge in [0.2, 0.25) is 0 Å². The first-order valence-corrected chi connectivity index (χ1v) is 7.35. The fraction of sp³-hybridized carbons (Fsp3) is 0.176. The third-order valence-electron chi connectivity index (χ3n) is 2.48. The summed E-state index contributed by atoms with van der Waals surface area (Å²) in [5.41, 5.74) is 1.69. The highest BCUT2D eigenvalue weighted by Gasteiger charge is 2.01. The van der Waals surface area contributed by atoms with Gasteiger partial charge in [0.1, 0.15) is 6.29 Å². The number of hydrogen-bond donors (Lipinski definition) is 0. The van der Waals surface area contributed by atoms with Crippen LogP contribution in [0.25, 0.3) is 0 Å². The number of aldehydes is 1. The summed E-state index contributed by atoms with van der Waals surface area (Å²) >= 11 is 3.24. The number of rotatable bonds is 4. The summed E-state index contributed by atoms with van der Waals surface area (Å²) in [5.74, 6) is -0.163. The van der Waals surface area contributed by atoms with Crippen LogP contribution in [-0.2, 0) is 16.0 Å². The van der Waals surface area contributed by atoms with Crippen LogP contribution in [0.4, 0.5) is 0 Å². The van der Waals surface area contributed by atoms with Crippen LogP contribution in [0.15, 0.2) is 59.1 Å². The minimum atomic E-state index is -0.163. The van der Waals surface area contributed by atoms with Gasteiger partial charge in [0.25, 0.3) is 0 Å². The molecular formula is C17H17BrO3. The van der Waals surface area contributed by atoms with Crippen LogP contribution < -0.4 is 0 Å². The molecule has 0 amide bonds. The molecule has 3 nitrogen and oxygen atoms in total. The molecule has 2 aromatic carbocycles. The molecule has 0 fully saturated rings. The lowest BCUT2D eigenvalue weighted by Crippen LogP contribution is -2.06. The zero-order chi connectivity index (χ0) is 15.5. The second-order valence-electron chi connectivity index (χ2n) is 4.14. The van der Waals surface area contributed by atoms with Gasteiger partial charge >= 0.3 is 5.97 Å². The molecule has 2 rings (SSSR count). The van der Waals surface area contributed by atoms with E-state index in [1.165, 1.54) is 0 Å². The number of esters is 1. The maximum Gasteiger partial charge on any atom is 0.310 e. The molecular weight excluding hydrogens is 332 g/mol. The van der Waals surface area contributed by atoms with Crippen molar-refractivity contribution in [3.63, 3.8) is 0 Å². The van der Waals surface area contributed by atoms with Crippen molar-refractivity contribution in [1.29, 1.82) is 0 Å². The molecule has 2 aromatic rings. The summed E-state index contributed by atoms with van der Waals surface area (Å²) in [4.78, 5) is 21.1. The summed E-state index contributed by atoms with van der Waals surface area (Å²) in [7, 11) is 0. The van der Waals surface area contributed by atoms with Crippen molar-refractivity contribution < 1.29 is 14.3 Å². The lowest BCUT2D eigenvalue weighted by Gasteiger charge is -2.00. The second kappa shape index (κ2) is 9.88. The Bertz CT molecular complexity index is 567. The molecule has 110 valence electrons. The van der Waals surface area contributed by atoms with E-state index >= 15 is 0 Å². The number of hydrogen-bond acceptors (Lipinski definition) is 3. The third-order valence-corrected chi connectivity index (χ3v) is 2.97. The van der Waals surface area contributed by atoms with E-state index in [-0.39, 0.29) is 5.97 Å². The monoisotopic (exact) mass is 348 g/mol. The van der Waals surface area contributed by atoms with E-state index in [0.717, 1.165) is 16.3 Å². The van der Waals surface area contributed by atoms with Crippen molar-refractivity contribution in [2.24, 2.45) is 0 Å². The van der Waals surface area contributed by atoms with Gasteiger partial charge in [0.05, 0.1) is 13.0 Å². The van der Waals surface area contributed by atoms with Crippen molar-refractivity contribution >= 4 is 28.2 Å². The average molecular weight is 349 g/mol. The molecule has 0 atom stereocenters. The highest BCUT2D eigenvalue weighted by molar-refractivity contribution is 9.10. The van der Waals surface area contributed by atoms with Crippen molar-refractivity contribution in [1.82, 2.24) is 0 Å². The fourth-order valence-electron chi connectivity index (χ4n) is 1.55. The largest absolute Gasteiger partial charge is 0.466 e. The van der Waals surface area contributed by atoms with Crippen LogP contribution in [0.3, 0.4) is 0 Å². The zero-order valence-corrected chi connectivity index (χ0v) is 13.4. The Balaban J connectivity index is 0.000000219. The third kappa shape index (κ3) is 7.42. The maximum atomic E-state index is 11.0. The molecule has 0 saturated carbocycles.